The first-order chi connectivity index (χ1) is 13.6. The Labute approximate surface area is 177 Å². The second-order valence-electron chi connectivity index (χ2n) is 5.92. The number of hydrogen-bond donors (Lipinski definition) is 1. The van der Waals surface area contributed by atoms with Crippen LogP contribution in [0.15, 0.2) is 49.0 Å². The molecule has 28 heavy (non-hydrogen) atoms. The molecule has 2 unspecified atom stereocenters. The van der Waals surface area contributed by atoms with Crippen molar-refractivity contribution in [3.63, 3.8) is 0 Å². The molecule has 3 nitrogen and oxygen atoms in total. The van der Waals surface area contributed by atoms with Crippen molar-refractivity contribution in [2.45, 2.75) is 73.6 Å². The number of nitrogens with one attached hydrogen (secondary N) is 1. The molecule has 2 aromatic rings. The monoisotopic (exact) mass is 404 g/mol. The normalized spacial score (nSPS) is 11.2. The van der Waals surface area contributed by atoms with Gasteiger partial charge in [-0.1, -0.05) is 84.2 Å². The number of carbonyl (C=O) groups is 1. The number of rotatable bonds is 7. The number of aromatic nitrogens is 1. The minimum absolute atomic E-state index is 0.0433. The lowest BCUT2D eigenvalue weighted by molar-refractivity contribution is -0.118. The average molecular weight is 405 g/mol. The summed E-state index contributed by atoms with van der Waals surface area (Å²) in [5, 5.41) is 5.49. The van der Waals surface area contributed by atoms with Crippen LogP contribution in [0, 0.1) is 12.8 Å². The van der Waals surface area contributed by atoms with Gasteiger partial charge in [0.25, 0.3) is 0 Å². The molecule has 0 aliphatic rings. The summed E-state index contributed by atoms with van der Waals surface area (Å²) in [6.07, 6.45) is 4.87. The molecule has 0 saturated carbocycles. The van der Waals surface area contributed by atoms with Gasteiger partial charge in [0.2, 0.25) is 5.91 Å². The predicted octanol–water partition coefficient (Wildman–Crippen LogP) is 7.85. The van der Waals surface area contributed by atoms with E-state index in [1.54, 1.807) is 6.20 Å². The molecule has 0 spiro atoms. The first-order valence-corrected chi connectivity index (χ1v) is 11.2. The van der Waals surface area contributed by atoms with Crippen molar-refractivity contribution in [2.24, 2.45) is 5.92 Å². The number of benzene rings is 1. The summed E-state index contributed by atoms with van der Waals surface area (Å²) in [7, 11) is 0. The number of thiazole rings is 1. The van der Waals surface area contributed by atoms with E-state index in [1.807, 2.05) is 33.1 Å². The third kappa shape index (κ3) is 11.0. The van der Waals surface area contributed by atoms with Crippen molar-refractivity contribution in [1.82, 2.24) is 4.98 Å². The third-order valence-electron chi connectivity index (χ3n) is 3.88. The molecular formula is C24H40N2OS. The van der Waals surface area contributed by atoms with Crippen LogP contribution in [0.1, 0.15) is 77.8 Å². The summed E-state index contributed by atoms with van der Waals surface area (Å²) in [4.78, 5) is 16.8. The van der Waals surface area contributed by atoms with Crippen molar-refractivity contribution >= 4 is 22.4 Å². The lowest BCUT2D eigenvalue weighted by Crippen LogP contribution is -2.23. The molecule has 0 fully saturated rings. The van der Waals surface area contributed by atoms with Crippen LogP contribution in [0.3, 0.4) is 0 Å². The SMILES string of the molecule is C=C.CC.CC.CCCC(C)CC(C(=O)Nc1nccs1)c1ccc(C)cc1. The molecule has 0 radical (unpaired) electrons. The van der Waals surface area contributed by atoms with E-state index in [1.165, 1.54) is 16.9 Å². The van der Waals surface area contributed by atoms with E-state index in [9.17, 15) is 4.79 Å². The Morgan fingerprint density at radius 1 is 1.14 bits per heavy atom. The molecule has 158 valence electrons. The van der Waals surface area contributed by atoms with Crippen LogP contribution in [-0.2, 0) is 4.79 Å². The van der Waals surface area contributed by atoms with Gasteiger partial charge in [-0.2, -0.15) is 0 Å². The van der Waals surface area contributed by atoms with Gasteiger partial charge in [-0.05, 0) is 24.8 Å². The van der Waals surface area contributed by atoms with Crippen molar-refractivity contribution < 1.29 is 4.79 Å². The van der Waals surface area contributed by atoms with Crippen LogP contribution in [0.4, 0.5) is 5.13 Å². The van der Waals surface area contributed by atoms with E-state index in [0.717, 1.165) is 24.8 Å². The second-order valence-corrected chi connectivity index (χ2v) is 6.81. The van der Waals surface area contributed by atoms with Crippen molar-refractivity contribution in [3.05, 3.63) is 60.1 Å². The molecule has 2 atom stereocenters. The average Bonchev–Trinajstić information content (AvgIpc) is 3.25. The molecule has 2 rings (SSSR count). The third-order valence-corrected chi connectivity index (χ3v) is 4.57. The number of aryl methyl sites for hydroxylation is 1. The van der Waals surface area contributed by atoms with E-state index in [2.05, 4.69) is 68.5 Å². The number of amides is 1. The van der Waals surface area contributed by atoms with E-state index >= 15 is 0 Å². The van der Waals surface area contributed by atoms with Gasteiger partial charge in [-0.25, -0.2) is 4.98 Å². The quantitative estimate of drug-likeness (QED) is 0.477. The van der Waals surface area contributed by atoms with Crippen LogP contribution in [0.25, 0.3) is 0 Å². The van der Waals surface area contributed by atoms with Crippen LogP contribution < -0.4 is 5.32 Å². The fraction of sp³-hybridized carbons (Fsp3) is 0.500. The summed E-state index contributed by atoms with van der Waals surface area (Å²) in [5.74, 6) is 0.450. The zero-order valence-corrected chi connectivity index (χ0v) is 19.7. The number of nitrogens with zero attached hydrogens (tertiary/aromatic N) is 1. The maximum absolute atomic E-state index is 12.7. The highest BCUT2D eigenvalue weighted by molar-refractivity contribution is 7.13. The number of hydrogen-bond acceptors (Lipinski definition) is 3. The number of anilines is 1. The summed E-state index contributed by atoms with van der Waals surface area (Å²) in [6.45, 7) is 20.5. The first-order valence-electron chi connectivity index (χ1n) is 10.4. The largest absolute Gasteiger partial charge is 0.301 e. The van der Waals surface area contributed by atoms with E-state index < -0.39 is 0 Å². The molecule has 1 amide bonds. The van der Waals surface area contributed by atoms with Gasteiger partial charge in [0.1, 0.15) is 0 Å². The van der Waals surface area contributed by atoms with Crippen molar-refractivity contribution in [2.75, 3.05) is 5.32 Å². The van der Waals surface area contributed by atoms with Gasteiger partial charge in [0.15, 0.2) is 5.13 Å². The van der Waals surface area contributed by atoms with Crippen LogP contribution in [0.2, 0.25) is 0 Å². The molecule has 1 aromatic heterocycles. The van der Waals surface area contributed by atoms with Gasteiger partial charge >= 0.3 is 0 Å². The molecule has 1 heterocycles. The molecular weight excluding hydrogens is 364 g/mol. The highest BCUT2D eigenvalue weighted by Crippen LogP contribution is 2.28. The van der Waals surface area contributed by atoms with Crippen LogP contribution in [-0.4, -0.2) is 10.9 Å². The smallest absolute Gasteiger partial charge is 0.233 e. The maximum atomic E-state index is 12.7. The Hall–Kier alpha value is -1.94. The topological polar surface area (TPSA) is 42.0 Å². The summed E-state index contributed by atoms with van der Waals surface area (Å²) in [5.41, 5.74) is 2.30. The zero-order valence-electron chi connectivity index (χ0n) is 18.9. The number of carbonyl (C=O) groups excluding carboxylic acids is 1. The first kappa shape index (κ1) is 28.3. The minimum Gasteiger partial charge on any atom is -0.301 e. The van der Waals surface area contributed by atoms with Gasteiger partial charge < -0.3 is 5.32 Å². The Balaban J connectivity index is 0. The molecule has 1 aromatic carbocycles. The molecule has 1 N–H and O–H groups in total. The zero-order chi connectivity index (χ0) is 21.9. The lowest BCUT2D eigenvalue weighted by Gasteiger charge is -2.20. The fourth-order valence-electron chi connectivity index (χ4n) is 2.68. The Morgan fingerprint density at radius 2 is 1.71 bits per heavy atom. The molecule has 0 bridgehead atoms. The van der Waals surface area contributed by atoms with Gasteiger partial charge in [0.05, 0.1) is 5.92 Å². The minimum atomic E-state index is -0.119. The molecule has 0 saturated heterocycles. The molecule has 0 aliphatic heterocycles. The highest BCUT2D eigenvalue weighted by atomic mass is 32.1. The van der Waals surface area contributed by atoms with Crippen LogP contribution in [0.5, 0.6) is 0 Å². The van der Waals surface area contributed by atoms with E-state index in [4.69, 9.17) is 0 Å². The second kappa shape index (κ2) is 18.4. The summed E-state index contributed by atoms with van der Waals surface area (Å²) < 4.78 is 0. The molecule has 0 aliphatic carbocycles. The Kier molecular flexibility index (Phi) is 18.6. The Morgan fingerprint density at radius 3 is 2.18 bits per heavy atom. The Bertz CT molecular complexity index is 594. The standard InChI is InChI=1S/C18H24N2OS.2C2H6.C2H4/c1-4-5-14(3)12-16(15-8-6-13(2)7-9-15)17(21)20-18-19-10-11-22-18;3*1-2/h6-11,14,16H,4-5,12H2,1-3H3,(H,19,20,21);2*1-2H3;1-2H2. The van der Waals surface area contributed by atoms with Crippen molar-refractivity contribution in [1.29, 1.82) is 0 Å². The van der Waals surface area contributed by atoms with Crippen molar-refractivity contribution in [3.8, 4) is 0 Å². The maximum Gasteiger partial charge on any atom is 0.233 e. The molecule has 4 heteroatoms. The van der Waals surface area contributed by atoms with E-state index in [-0.39, 0.29) is 11.8 Å². The summed E-state index contributed by atoms with van der Waals surface area (Å²) in [6, 6.07) is 8.28. The highest BCUT2D eigenvalue weighted by Gasteiger charge is 2.23. The predicted molar refractivity (Wildman–Crippen MR) is 127 cm³/mol. The fourth-order valence-corrected chi connectivity index (χ4v) is 3.22. The van der Waals surface area contributed by atoms with Crippen LogP contribution >= 0.6 is 11.3 Å². The lowest BCUT2D eigenvalue weighted by atomic mass is 9.86. The van der Waals surface area contributed by atoms with Gasteiger partial charge in [-0.3, -0.25) is 4.79 Å². The van der Waals surface area contributed by atoms with Gasteiger partial charge in [0, 0.05) is 11.6 Å². The summed E-state index contributed by atoms with van der Waals surface area (Å²) >= 11 is 1.45. The van der Waals surface area contributed by atoms with E-state index in [0.29, 0.717) is 11.0 Å². The van der Waals surface area contributed by atoms with Gasteiger partial charge in [-0.15, -0.1) is 24.5 Å².